The van der Waals surface area contributed by atoms with Gasteiger partial charge in [0, 0.05) is 10.4 Å². The Hall–Kier alpha value is -1.19. The van der Waals surface area contributed by atoms with Crippen molar-refractivity contribution < 1.29 is 13.9 Å². The summed E-state index contributed by atoms with van der Waals surface area (Å²) in [6.45, 7) is 0. The zero-order valence-corrected chi connectivity index (χ0v) is 8.96. The lowest BCUT2D eigenvalue weighted by Gasteiger charge is -2.13. The monoisotopic (exact) mass is 242 g/mol. The molecule has 84 valence electrons. The summed E-state index contributed by atoms with van der Waals surface area (Å²) in [4.78, 5) is 0. The van der Waals surface area contributed by atoms with E-state index in [4.69, 9.17) is 11.6 Å². The molecule has 1 N–H and O–H groups in total. The van der Waals surface area contributed by atoms with Crippen molar-refractivity contribution in [2.24, 2.45) is 0 Å². The van der Waals surface area contributed by atoms with E-state index < -0.39 is 12.5 Å². The van der Waals surface area contributed by atoms with Crippen LogP contribution in [0.3, 0.4) is 0 Å². The SMILES string of the molecule is OC(c1ccc(Cl)c2ccccc12)C(F)F. The number of rotatable bonds is 2. The first-order chi connectivity index (χ1) is 7.61. The number of aliphatic hydroxyl groups is 1. The highest BCUT2D eigenvalue weighted by Crippen LogP contribution is 2.32. The minimum atomic E-state index is -2.80. The molecule has 0 spiro atoms. The van der Waals surface area contributed by atoms with E-state index in [2.05, 4.69) is 0 Å². The van der Waals surface area contributed by atoms with Crippen molar-refractivity contribution >= 4 is 22.4 Å². The molecule has 0 aromatic heterocycles. The van der Waals surface area contributed by atoms with E-state index >= 15 is 0 Å². The van der Waals surface area contributed by atoms with Crippen LogP contribution >= 0.6 is 11.6 Å². The summed E-state index contributed by atoms with van der Waals surface area (Å²) >= 11 is 5.94. The van der Waals surface area contributed by atoms with Gasteiger partial charge in [0.05, 0.1) is 0 Å². The Labute approximate surface area is 96.3 Å². The minimum Gasteiger partial charge on any atom is -0.382 e. The van der Waals surface area contributed by atoms with Gasteiger partial charge in [-0.2, -0.15) is 0 Å². The van der Waals surface area contributed by atoms with Gasteiger partial charge in [0.1, 0.15) is 6.10 Å². The van der Waals surface area contributed by atoms with Gasteiger partial charge in [0.25, 0.3) is 6.43 Å². The standard InChI is InChI=1S/C12H9ClF2O/c13-10-6-5-9(11(16)12(14)15)7-3-1-2-4-8(7)10/h1-6,11-12,16H. The van der Waals surface area contributed by atoms with E-state index in [0.29, 0.717) is 15.8 Å². The van der Waals surface area contributed by atoms with E-state index in [1.165, 1.54) is 12.1 Å². The van der Waals surface area contributed by atoms with Crippen molar-refractivity contribution in [3.63, 3.8) is 0 Å². The van der Waals surface area contributed by atoms with E-state index in [1.807, 2.05) is 0 Å². The van der Waals surface area contributed by atoms with E-state index in [9.17, 15) is 13.9 Å². The quantitative estimate of drug-likeness (QED) is 0.850. The number of benzene rings is 2. The average Bonchev–Trinajstić information content (AvgIpc) is 2.29. The largest absolute Gasteiger partial charge is 0.382 e. The van der Waals surface area contributed by atoms with Crippen molar-refractivity contribution in [2.45, 2.75) is 12.5 Å². The Morgan fingerprint density at radius 2 is 1.62 bits per heavy atom. The third-order valence-corrected chi connectivity index (χ3v) is 2.79. The minimum absolute atomic E-state index is 0.204. The van der Waals surface area contributed by atoms with E-state index in [1.54, 1.807) is 24.3 Å². The number of alkyl halides is 2. The van der Waals surface area contributed by atoms with Crippen LogP contribution in [0.5, 0.6) is 0 Å². The molecule has 2 aromatic rings. The summed E-state index contributed by atoms with van der Waals surface area (Å²) in [5.74, 6) is 0. The number of halogens is 3. The highest BCUT2D eigenvalue weighted by molar-refractivity contribution is 6.35. The van der Waals surface area contributed by atoms with Crippen LogP contribution in [0.4, 0.5) is 8.78 Å². The van der Waals surface area contributed by atoms with Gasteiger partial charge < -0.3 is 5.11 Å². The molecule has 16 heavy (non-hydrogen) atoms. The van der Waals surface area contributed by atoms with Crippen LogP contribution in [-0.2, 0) is 0 Å². The van der Waals surface area contributed by atoms with Gasteiger partial charge in [-0.3, -0.25) is 0 Å². The van der Waals surface area contributed by atoms with Crippen molar-refractivity contribution in [1.29, 1.82) is 0 Å². The molecule has 0 radical (unpaired) electrons. The summed E-state index contributed by atoms with van der Waals surface area (Å²) in [7, 11) is 0. The van der Waals surface area contributed by atoms with Crippen LogP contribution in [0, 0.1) is 0 Å². The summed E-state index contributed by atoms with van der Waals surface area (Å²) in [6.07, 6.45) is -4.58. The first-order valence-electron chi connectivity index (χ1n) is 4.74. The molecule has 2 aromatic carbocycles. The second kappa shape index (κ2) is 4.36. The molecule has 0 heterocycles. The molecular weight excluding hydrogens is 234 g/mol. The predicted molar refractivity (Wildman–Crippen MR) is 59.9 cm³/mol. The van der Waals surface area contributed by atoms with Gasteiger partial charge in [0.15, 0.2) is 0 Å². The molecule has 1 nitrogen and oxygen atoms in total. The van der Waals surface area contributed by atoms with Crippen molar-refractivity contribution in [3.8, 4) is 0 Å². The third kappa shape index (κ3) is 1.88. The lowest BCUT2D eigenvalue weighted by Crippen LogP contribution is -2.08. The number of hydrogen-bond acceptors (Lipinski definition) is 1. The fraction of sp³-hybridized carbons (Fsp3) is 0.167. The Bertz CT molecular complexity index is 513. The molecule has 2 rings (SSSR count). The molecule has 0 aliphatic carbocycles. The Morgan fingerprint density at radius 3 is 2.25 bits per heavy atom. The van der Waals surface area contributed by atoms with Crippen LogP contribution in [0.1, 0.15) is 11.7 Å². The fourth-order valence-electron chi connectivity index (χ4n) is 1.68. The highest BCUT2D eigenvalue weighted by atomic mass is 35.5. The van der Waals surface area contributed by atoms with Crippen molar-refractivity contribution in [1.82, 2.24) is 0 Å². The fourth-order valence-corrected chi connectivity index (χ4v) is 1.91. The third-order valence-electron chi connectivity index (χ3n) is 2.46. The molecule has 0 saturated heterocycles. The first-order valence-corrected chi connectivity index (χ1v) is 5.12. The lowest BCUT2D eigenvalue weighted by molar-refractivity contribution is -0.00494. The average molecular weight is 243 g/mol. The molecule has 1 atom stereocenters. The van der Waals surface area contributed by atoms with Gasteiger partial charge in [-0.15, -0.1) is 0 Å². The molecule has 4 heteroatoms. The second-order valence-electron chi connectivity index (χ2n) is 3.46. The Morgan fingerprint density at radius 1 is 1.00 bits per heavy atom. The summed E-state index contributed by atoms with van der Waals surface area (Å²) in [6, 6.07) is 9.85. The van der Waals surface area contributed by atoms with E-state index in [-0.39, 0.29) is 5.56 Å². The lowest BCUT2D eigenvalue weighted by atomic mass is 10.0. The zero-order chi connectivity index (χ0) is 11.7. The molecular formula is C12H9ClF2O. The molecule has 0 saturated carbocycles. The summed E-state index contributed by atoms with van der Waals surface area (Å²) < 4.78 is 24.9. The number of hydrogen-bond donors (Lipinski definition) is 1. The van der Waals surface area contributed by atoms with Gasteiger partial charge in [-0.05, 0) is 17.0 Å². The molecule has 1 unspecified atom stereocenters. The summed E-state index contributed by atoms with van der Waals surface area (Å²) in [5, 5.41) is 11.1. The maximum atomic E-state index is 12.5. The summed E-state index contributed by atoms with van der Waals surface area (Å²) in [5.41, 5.74) is 0.204. The first kappa shape index (κ1) is 11.3. The van der Waals surface area contributed by atoms with Crippen LogP contribution in [0.25, 0.3) is 10.8 Å². The molecule has 0 fully saturated rings. The van der Waals surface area contributed by atoms with E-state index in [0.717, 1.165) is 0 Å². The van der Waals surface area contributed by atoms with Crippen molar-refractivity contribution in [2.75, 3.05) is 0 Å². The van der Waals surface area contributed by atoms with Gasteiger partial charge in [-0.1, -0.05) is 41.9 Å². The maximum Gasteiger partial charge on any atom is 0.268 e. The smallest absolute Gasteiger partial charge is 0.268 e. The highest BCUT2D eigenvalue weighted by Gasteiger charge is 2.21. The second-order valence-corrected chi connectivity index (χ2v) is 3.87. The van der Waals surface area contributed by atoms with Crippen LogP contribution < -0.4 is 0 Å². The molecule has 0 aliphatic rings. The maximum absolute atomic E-state index is 12.5. The Balaban J connectivity index is 2.67. The van der Waals surface area contributed by atoms with Gasteiger partial charge >= 0.3 is 0 Å². The predicted octanol–water partition coefficient (Wildman–Crippen LogP) is 3.79. The van der Waals surface area contributed by atoms with Crippen LogP contribution in [-0.4, -0.2) is 11.5 Å². The van der Waals surface area contributed by atoms with Crippen LogP contribution in [0.2, 0.25) is 5.02 Å². The van der Waals surface area contributed by atoms with Crippen LogP contribution in [0.15, 0.2) is 36.4 Å². The Kier molecular flexibility index (Phi) is 3.08. The number of aliphatic hydroxyl groups excluding tert-OH is 1. The van der Waals surface area contributed by atoms with Gasteiger partial charge in [0.2, 0.25) is 0 Å². The zero-order valence-electron chi connectivity index (χ0n) is 8.20. The molecule has 0 aliphatic heterocycles. The van der Waals surface area contributed by atoms with Gasteiger partial charge in [-0.25, -0.2) is 8.78 Å². The normalized spacial score (nSPS) is 13.3. The topological polar surface area (TPSA) is 20.2 Å². The van der Waals surface area contributed by atoms with Crippen molar-refractivity contribution in [3.05, 3.63) is 47.0 Å². The molecule has 0 amide bonds. The number of fused-ring (bicyclic) bond motifs is 1. The molecule has 0 bridgehead atoms.